The first-order valence-corrected chi connectivity index (χ1v) is 9.16. The number of hydrogen-bond donors (Lipinski definition) is 0. The molecular weight excluding hydrogens is 318 g/mol. The number of amides is 1. The number of aromatic nitrogens is 2. The van der Waals surface area contributed by atoms with Crippen molar-refractivity contribution in [3.05, 3.63) is 70.7 Å². The number of nitrogens with zero attached hydrogens (tertiary/aromatic N) is 3. The van der Waals surface area contributed by atoms with Gasteiger partial charge in [0.25, 0.3) is 0 Å². The van der Waals surface area contributed by atoms with Crippen LogP contribution >= 0.6 is 11.3 Å². The maximum Gasteiger partial charge on any atom is 0.227 e. The van der Waals surface area contributed by atoms with Crippen LogP contribution in [0.5, 0.6) is 0 Å². The molecule has 1 aliphatic heterocycles. The van der Waals surface area contributed by atoms with Crippen LogP contribution in [0.4, 0.5) is 0 Å². The molecule has 0 radical (unpaired) electrons. The molecular formula is C19H19N3OS. The lowest BCUT2D eigenvalue weighted by atomic mass is 10.1. The van der Waals surface area contributed by atoms with Gasteiger partial charge in [-0.1, -0.05) is 12.1 Å². The van der Waals surface area contributed by atoms with Crippen LogP contribution in [0.1, 0.15) is 30.0 Å². The van der Waals surface area contributed by atoms with Gasteiger partial charge in [0, 0.05) is 18.9 Å². The lowest BCUT2D eigenvalue weighted by Crippen LogP contribution is -2.31. The van der Waals surface area contributed by atoms with Crippen LogP contribution in [-0.4, -0.2) is 27.1 Å². The van der Waals surface area contributed by atoms with Crippen LogP contribution in [-0.2, 0) is 11.2 Å². The van der Waals surface area contributed by atoms with Crippen molar-refractivity contribution in [2.45, 2.75) is 25.3 Å². The average molecular weight is 337 g/mol. The molecule has 4 rings (SSSR count). The Bertz CT molecular complexity index is 794. The summed E-state index contributed by atoms with van der Waals surface area (Å²) in [6.07, 6.45) is 6.29. The zero-order chi connectivity index (χ0) is 16.4. The van der Waals surface area contributed by atoms with Crippen molar-refractivity contribution < 1.29 is 4.79 Å². The van der Waals surface area contributed by atoms with Gasteiger partial charge in [-0.2, -0.15) is 16.4 Å². The Hall–Kier alpha value is -2.40. The van der Waals surface area contributed by atoms with Crippen LogP contribution in [0.15, 0.2) is 59.6 Å². The molecule has 1 fully saturated rings. The van der Waals surface area contributed by atoms with Gasteiger partial charge in [-0.25, -0.2) is 4.68 Å². The van der Waals surface area contributed by atoms with E-state index in [1.807, 2.05) is 46.1 Å². The van der Waals surface area contributed by atoms with Crippen LogP contribution < -0.4 is 0 Å². The van der Waals surface area contributed by atoms with E-state index < -0.39 is 0 Å². The number of hydrogen-bond acceptors (Lipinski definition) is 3. The van der Waals surface area contributed by atoms with Gasteiger partial charge in [0.05, 0.1) is 18.2 Å². The number of carbonyl (C=O) groups is 1. The van der Waals surface area contributed by atoms with Gasteiger partial charge in [0.1, 0.15) is 0 Å². The van der Waals surface area contributed by atoms with Crippen LogP contribution in [0.25, 0.3) is 5.69 Å². The first-order valence-electron chi connectivity index (χ1n) is 8.22. The third kappa shape index (κ3) is 2.99. The SMILES string of the molecule is O=C(Cc1ccc(-n2cccn2)cc1)N1CCCC1c1ccsc1. The highest BCUT2D eigenvalue weighted by Crippen LogP contribution is 2.33. The number of thiophene rings is 1. The fourth-order valence-corrected chi connectivity index (χ4v) is 4.05. The minimum atomic E-state index is 0.218. The number of benzene rings is 1. The van der Waals surface area contributed by atoms with Crippen molar-refractivity contribution in [1.29, 1.82) is 0 Å². The highest BCUT2D eigenvalue weighted by Gasteiger charge is 2.29. The topological polar surface area (TPSA) is 38.1 Å². The molecule has 1 aromatic carbocycles. The molecule has 3 heterocycles. The van der Waals surface area contributed by atoms with E-state index in [1.54, 1.807) is 17.5 Å². The molecule has 1 saturated heterocycles. The average Bonchev–Trinajstić information content (AvgIpc) is 3.35. The van der Waals surface area contributed by atoms with E-state index in [2.05, 4.69) is 21.9 Å². The summed E-state index contributed by atoms with van der Waals surface area (Å²) in [6, 6.07) is 12.4. The number of carbonyl (C=O) groups excluding carboxylic acids is 1. The lowest BCUT2D eigenvalue weighted by Gasteiger charge is -2.24. The van der Waals surface area contributed by atoms with E-state index in [0.717, 1.165) is 30.6 Å². The van der Waals surface area contributed by atoms with E-state index >= 15 is 0 Å². The predicted molar refractivity (Wildman–Crippen MR) is 95.3 cm³/mol. The second-order valence-electron chi connectivity index (χ2n) is 6.10. The second kappa shape index (κ2) is 6.61. The Kier molecular flexibility index (Phi) is 4.17. The molecule has 3 aromatic rings. The molecule has 24 heavy (non-hydrogen) atoms. The summed E-state index contributed by atoms with van der Waals surface area (Å²) in [4.78, 5) is 14.8. The lowest BCUT2D eigenvalue weighted by molar-refractivity contribution is -0.131. The van der Waals surface area contributed by atoms with Gasteiger partial charge >= 0.3 is 0 Å². The van der Waals surface area contributed by atoms with Gasteiger partial charge < -0.3 is 4.90 Å². The summed E-state index contributed by atoms with van der Waals surface area (Å²) in [6.45, 7) is 0.866. The fraction of sp³-hybridized carbons (Fsp3) is 0.263. The van der Waals surface area contributed by atoms with Crippen molar-refractivity contribution in [3.63, 3.8) is 0 Å². The van der Waals surface area contributed by atoms with E-state index in [9.17, 15) is 4.79 Å². The standard InChI is InChI=1S/C19H19N3OS/c23-19(21-10-1-3-18(21)16-8-12-24-14-16)13-15-4-6-17(7-5-15)22-11-2-9-20-22/h2,4-9,11-12,14,18H,1,3,10,13H2. The summed E-state index contributed by atoms with van der Waals surface area (Å²) in [5.41, 5.74) is 3.33. The van der Waals surface area contributed by atoms with Crippen molar-refractivity contribution >= 4 is 17.2 Å². The molecule has 1 unspecified atom stereocenters. The Labute approximate surface area is 145 Å². The Balaban J connectivity index is 1.46. The zero-order valence-corrected chi connectivity index (χ0v) is 14.2. The highest BCUT2D eigenvalue weighted by molar-refractivity contribution is 7.07. The molecule has 2 aromatic heterocycles. The van der Waals surface area contributed by atoms with Gasteiger partial charge in [0.2, 0.25) is 5.91 Å². The molecule has 0 spiro atoms. The van der Waals surface area contributed by atoms with Crippen molar-refractivity contribution in [2.75, 3.05) is 6.54 Å². The minimum Gasteiger partial charge on any atom is -0.335 e. The van der Waals surface area contributed by atoms with E-state index in [1.165, 1.54) is 5.56 Å². The molecule has 0 aliphatic carbocycles. The first-order chi connectivity index (χ1) is 11.8. The molecule has 1 amide bonds. The number of likely N-dealkylation sites (tertiary alicyclic amines) is 1. The number of rotatable bonds is 4. The largest absolute Gasteiger partial charge is 0.335 e. The van der Waals surface area contributed by atoms with E-state index in [4.69, 9.17) is 0 Å². The summed E-state index contributed by atoms with van der Waals surface area (Å²) >= 11 is 1.70. The molecule has 0 saturated carbocycles. The summed E-state index contributed by atoms with van der Waals surface area (Å²) in [5.74, 6) is 0.218. The Morgan fingerprint density at radius 2 is 2.12 bits per heavy atom. The van der Waals surface area contributed by atoms with Gasteiger partial charge in [0.15, 0.2) is 0 Å². The second-order valence-corrected chi connectivity index (χ2v) is 6.88. The molecule has 4 nitrogen and oxygen atoms in total. The molecule has 0 N–H and O–H groups in total. The van der Waals surface area contributed by atoms with E-state index in [0.29, 0.717) is 6.42 Å². The summed E-state index contributed by atoms with van der Waals surface area (Å²) in [7, 11) is 0. The minimum absolute atomic E-state index is 0.218. The third-order valence-corrected chi connectivity index (χ3v) is 5.26. The normalized spacial score (nSPS) is 17.3. The monoisotopic (exact) mass is 337 g/mol. The van der Waals surface area contributed by atoms with E-state index in [-0.39, 0.29) is 11.9 Å². The molecule has 0 bridgehead atoms. The highest BCUT2D eigenvalue weighted by atomic mass is 32.1. The molecule has 122 valence electrons. The third-order valence-electron chi connectivity index (χ3n) is 4.56. The van der Waals surface area contributed by atoms with Gasteiger partial charge in [-0.3, -0.25) is 4.79 Å². The zero-order valence-electron chi connectivity index (χ0n) is 13.3. The maximum atomic E-state index is 12.7. The molecule has 1 aliphatic rings. The Morgan fingerprint density at radius 1 is 1.25 bits per heavy atom. The molecule has 1 atom stereocenters. The van der Waals surface area contributed by atoms with Crippen molar-refractivity contribution in [2.24, 2.45) is 0 Å². The van der Waals surface area contributed by atoms with Crippen molar-refractivity contribution in [1.82, 2.24) is 14.7 Å². The quantitative estimate of drug-likeness (QED) is 0.725. The smallest absolute Gasteiger partial charge is 0.227 e. The van der Waals surface area contributed by atoms with Gasteiger partial charge in [-0.15, -0.1) is 0 Å². The van der Waals surface area contributed by atoms with Gasteiger partial charge in [-0.05, 0) is 59.0 Å². The van der Waals surface area contributed by atoms with Crippen LogP contribution in [0.3, 0.4) is 0 Å². The summed E-state index contributed by atoms with van der Waals surface area (Å²) in [5, 5.41) is 8.47. The predicted octanol–water partition coefficient (Wildman–Crippen LogP) is 3.84. The van der Waals surface area contributed by atoms with Crippen LogP contribution in [0, 0.1) is 0 Å². The first kappa shape index (κ1) is 15.1. The fourth-order valence-electron chi connectivity index (χ4n) is 3.34. The van der Waals surface area contributed by atoms with Crippen molar-refractivity contribution in [3.8, 4) is 5.69 Å². The summed E-state index contributed by atoms with van der Waals surface area (Å²) < 4.78 is 1.82. The maximum absolute atomic E-state index is 12.7. The van der Waals surface area contributed by atoms with Crippen LogP contribution in [0.2, 0.25) is 0 Å². The Morgan fingerprint density at radius 3 is 2.83 bits per heavy atom. The molecule has 5 heteroatoms.